The number of likely N-dealkylation sites (N-methyl/N-ethyl adjacent to an activating group) is 1. The topological polar surface area (TPSA) is 67.3 Å². The maximum absolute atomic E-state index is 12.1. The Kier molecular flexibility index (Phi) is 5.03. The van der Waals surface area contributed by atoms with Gasteiger partial charge < -0.3 is 10.8 Å². The van der Waals surface area contributed by atoms with Crippen LogP contribution in [0.15, 0.2) is 0 Å². The number of aliphatic hydroxyl groups is 1. The van der Waals surface area contributed by atoms with Gasteiger partial charge in [0.2, 0.25) is 0 Å². The molecule has 0 aliphatic rings. The minimum atomic E-state index is -2.40. The van der Waals surface area contributed by atoms with Crippen molar-refractivity contribution in [3.05, 3.63) is 11.4 Å². The second kappa shape index (κ2) is 6.10. The van der Waals surface area contributed by atoms with E-state index in [1.165, 1.54) is 4.90 Å². The fraction of sp³-hybridized carbons (Fsp3) is 0.727. The van der Waals surface area contributed by atoms with Gasteiger partial charge in [-0.25, -0.2) is 8.78 Å². The SMILES string of the molecule is Cc1nn(CC(O)CN(C)CC(F)F)c(C)c1N. The Bertz CT molecular complexity index is 395. The summed E-state index contributed by atoms with van der Waals surface area (Å²) in [5.74, 6) is 0. The first kappa shape index (κ1) is 14.8. The van der Waals surface area contributed by atoms with E-state index in [9.17, 15) is 13.9 Å². The lowest BCUT2D eigenvalue weighted by atomic mass is 10.3. The summed E-state index contributed by atoms with van der Waals surface area (Å²) in [6, 6.07) is 0. The lowest BCUT2D eigenvalue weighted by Crippen LogP contribution is -2.35. The van der Waals surface area contributed by atoms with E-state index in [-0.39, 0.29) is 19.6 Å². The van der Waals surface area contributed by atoms with E-state index in [4.69, 9.17) is 5.73 Å². The van der Waals surface area contributed by atoms with E-state index in [1.54, 1.807) is 18.7 Å². The molecule has 0 aliphatic heterocycles. The number of nitrogens with zero attached hydrogens (tertiary/aromatic N) is 3. The summed E-state index contributed by atoms with van der Waals surface area (Å²) in [6.45, 7) is 3.66. The van der Waals surface area contributed by atoms with Crippen LogP contribution in [0.1, 0.15) is 11.4 Å². The van der Waals surface area contributed by atoms with Crippen LogP contribution in [0.25, 0.3) is 0 Å². The third-order valence-electron chi connectivity index (χ3n) is 2.79. The molecule has 1 unspecified atom stereocenters. The van der Waals surface area contributed by atoms with Crippen LogP contribution in [0.4, 0.5) is 14.5 Å². The molecule has 18 heavy (non-hydrogen) atoms. The minimum Gasteiger partial charge on any atom is -0.396 e. The van der Waals surface area contributed by atoms with E-state index in [0.717, 1.165) is 5.69 Å². The number of halogens is 2. The van der Waals surface area contributed by atoms with Crippen LogP contribution in [0.2, 0.25) is 0 Å². The Hall–Kier alpha value is -1.21. The van der Waals surface area contributed by atoms with E-state index >= 15 is 0 Å². The molecule has 0 bridgehead atoms. The summed E-state index contributed by atoms with van der Waals surface area (Å²) < 4.78 is 25.9. The molecule has 0 fully saturated rings. The predicted octanol–water partition coefficient (Wildman–Crippen LogP) is 0.640. The molecule has 1 atom stereocenters. The Morgan fingerprint density at radius 1 is 1.39 bits per heavy atom. The number of hydrogen-bond acceptors (Lipinski definition) is 4. The minimum absolute atomic E-state index is 0.169. The van der Waals surface area contributed by atoms with Crippen molar-refractivity contribution in [1.29, 1.82) is 0 Å². The quantitative estimate of drug-likeness (QED) is 0.789. The highest BCUT2D eigenvalue weighted by atomic mass is 19.3. The number of aliphatic hydroxyl groups excluding tert-OH is 1. The van der Waals surface area contributed by atoms with Gasteiger partial charge in [0.05, 0.1) is 36.3 Å². The van der Waals surface area contributed by atoms with Gasteiger partial charge in [-0.05, 0) is 20.9 Å². The third kappa shape index (κ3) is 3.92. The molecule has 0 aliphatic carbocycles. The summed E-state index contributed by atoms with van der Waals surface area (Å²) >= 11 is 0. The maximum atomic E-state index is 12.1. The number of nitrogen functional groups attached to an aromatic ring is 1. The summed E-state index contributed by atoms with van der Waals surface area (Å²) in [7, 11) is 1.55. The normalized spacial score (nSPS) is 13.6. The second-order valence-corrected chi connectivity index (χ2v) is 4.53. The molecule has 0 amide bonds. The van der Waals surface area contributed by atoms with Crippen LogP contribution in [-0.2, 0) is 6.54 Å². The standard InChI is InChI=1S/C11H20F2N4O/c1-7-11(14)8(2)17(15-7)5-9(18)4-16(3)6-10(12)13/h9-10,18H,4-6,14H2,1-3H3. The number of rotatable bonds is 6. The van der Waals surface area contributed by atoms with E-state index in [1.807, 2.05) is 6.92 Å². The molecule has 1 aromatic rings. The summed E-state index contributed by atoms with van der Waals surface area (Å²) in [5, 5.41) is 14.0. The molecule has 7 heteroatoms. The number of nitrogens with two attached hydrogens (primary N) is 1. The van der Waals surface area contributed by atoms with Crippen molar-refractivity contribution in [3.8, 4) is 0 Å². The van der Waals surface area contributed by atoms with Gasteiger partial charge in [-0.3, -0.25) is 9.58 Å². The first-order chi connectivity index (χ1) is 8.31. The average molecular weight is 262 g/mol. The number of hydrogen-bond donors (Lipinski definition) is 2. The average Bonchev–Trinajstić information content (AvgIpc) is 2.44. The van der Waals surface area contributed by atoms with Crippen molar-refractivity contribution in [2.75, 3.05) is 25.9 Å². The van der Waals surface area contributed by atoms with E-state index in [0.29, 0.717) is 11.4 Å². The highest BCUT2D eigenvalue weighted by Crippen LogP contribution is 2.15. The van der Waals surface area contributed by atoms with Crippen LogP contribution in [-0.4, -0.2) is 52.5 Å². The van der Waals surface area contributed by atoms with Crippen LogP contribution in [0, 0.1) is 13.8 Å². The van der Waals surface area contributed by atoms with E-state index in [2.05, 4.69) is 5.10 Å². The Labute approximate surface area is 105 Å². The first-order valence-corrected chi connectivity index (χ1v) is 5.75. The van der Waals surface area contributed by atoms with Gasteiger partial charge in [0.1, 0.15) is 0 Å². The lowest BCUT2D eigenvalue weighted by molar-refractivity contribution is 0.0606. The first-order valence-electron chi connectivity index (χ1n) is 5.75. The van der Waals surface area contributed by atoms with Crippen LogP contribution in [0.5, 0.6) is 0 Å². The second-order valence-electron chi connectivity index (χ2n) is 4.53. The zero-order valence-electron chi connectivity index (χ0n) is 10.9. The maximum Gasteiger partial charge on any atom is 0.251 e. The zero-order chi connectivity index (χ0) is 13.9. The van der Waals surface area contributed by atoms with Gasteiger partial charge in [-0.2, -0.15) is 5.10 Å². The monoisotopic (exact) mass is 262 g/mol. The lowest BCUT2D eigenvalue weighted by Gasteiger charge is -2.20. The fourth-order valence-electron chi connectivity index (χ4n) is 1.82. The molecule has 0 saturated carbocycles. The van der Waals surface area contributed by atoms with Crippen molar-refractivity contribution < 1.29 is 13.9 Å². The summed E-state index contributed by atoms with van der Waals surface area (Å²) in [5.41, 5.74) is 7.86. The van der Waals surface area contributed by atoms with Gasteiger partial charge in [-0.15, -0.1) is 0 Å². The number of aryl methyl sites for hydroxylation is 1. The van der Waals surface area contributed by atoms with Crippen LogP contribution < -0.4 is 5.73 Å². The predicted molar refractivity (Wildman–Crippen MR) is 65.6 cm³/mol. The molecule has 104 valence electrons. The van der Waals surface area contributed by atoms with Crippen molar-refractivity contribution in [3.63, 3.8) is 0 Å². The van der Waals surface area contributed by atoms with Gasteiger partial charge in [0.25, 0.3) is 6.43 Å². The number of alkyl halides is 2. The van der Waals surface area contributed by atoms with Gasteiger partial charge in [-0.1, -0.05) is 0 Å². The zero-order valence-corrected chi connectivity index (χ0v) is 10.9. The van der Waals surface area contributed by atoms with E-state index < -0.39 is 12.5 Å². The molecule has 1 heterocycles. The van der Waals surface area contributed by atoms with Crippen molar-refractivity contribution in [2.45, 2.75) is 32.9 Å². The summed E-state index contributed by atoms with van der Waals surface area (Å²) in [4.78, 5) is 1.39. The molecule has 1 rings (SSSR count). The highest BCUT2D eigenvalue weighted by Gasteiger charge is 2.15. The molecular weight excluding hydrogens is 242 g/mol. The van der Waals surface area contributed by atoms with Crippen LogP contribution in [0.3, 0.4) is 0 Å². The molecule has 3 N–H and O–H groups in total. The summed E-state index contributed by atoms with van der Waals surface area (Å²) in [6.07, 6.45) is -3.15. The molecule has 0 aromatic carbocycles. The Morgan fingerprint density at radius 2 is 2.00 bits per heavy atom. The third-order valence-corrected chi connectivity index (χ3v) is 2.79. The van der Waals surface area contributed by atoms with Gasteiger partial charge >= 0.3 is 0 Å². The molecule has 0 saturated heterocycles. The molecule has 1 aromatic heterocycles. The molecule has 0 radical (unpaired) electrons. The Balaban J connectivity index is 2.54. The van der Waals surface area contributed by atoms with Crippen molar-refractivity contribution >= 4 is 5.69 Å². The number of anilines is 1. The highest BCUT2D eigenvalue weighted by molar-refractivity contribution is 5.46. The van der Waals surface area contributed by atoms with Crippen molar-refractivity contribution in [1.82, 2.24) is 14.7 Å². The van der Waals surface area contributed by atoms with Crippen molar-refractivity contribution in [2.24, 2.45) is 0 Å². The molecule has 0 spiro atoms. The largest absolute Gasteiger partial charge is 0.396 e. The number of aromatic nitrogens is 2. The fourth-order valence-corrected chi connectivity index (χ4v) is 1.82. The van der Waals surface area contributed by atoms with Crippen LogP contribution >= 0.6 is 0 Å². The molecule has 5 nitrogen and oxygen atoms in total. The van der Waals surface area contributed by atoms with Gasteiger partial charge in [0, 0.05) is 6.54 Å². The van der Waals surface area contributed by atoms with Gasteiger partial charge in [0.15, 0.2) is 0 Å². The smallest absolute Gasteiger partial charge is 0.251 e. The Morgan fingerprint density at radius 3 is 2.44 bits per heavy atom. The molecular formula is C11H20F2N4O.